The monoisotopic (exact) mass is 359 g/mol. The fourth-order valence-corrected chi connectivity index (χ4v) is 4.99. The number of thiazole rings is 1. The Morgan fingerprint density at radius 2 is 2.04 bits per heavy atom. The van der Waals surface area contributed by atoms with Gasteiger partial charge in [-0.1, -0.05) is 17.4 Å². The summed E-state index contributed by atoms with van der Waals surface area (Å²) in [5, 5.41) is 1.01. The van der Waals surface area contributed by atoms with Crippen molar-refractivity contribution >= 4 is 32.6 Å². The van der Waals surface area contributed by atoms with Crippen molar-refractivity contribution in [2.24, 2.45) is 5.92 Å². The van der Waals surface area contributed by atoms with Crippen LogP contribution in [0.3, 0.4) is 0 Å². The van der Waals surface area contributed by atoms with Gasteiger partial charge >= 0.3 is 0 Å². The van der Waals surface area contributed by atoms with Crippen molar-refractivity contribution in [1.29, 1.82) is 0 Å². The Kier molecular flexibility index (Phi) is 4.54. The second-order valence-electron chi connectivity index (χ2n) is 7.08. The average Bonchev–Trinajstić information content (AvgIpc) is 3.30. The third-order valence-electron chi connectivity index (χ3n) is 5.39. The summed E-state index contributed by atoms with van der Waals surface area (Å²) < 4.78 is 6.64. The smallest absolute Gasteiger partial charge is 0.227 e. The highest BCUT2D eigenvalue weighted by Crippen LogP contribution is 2.38. The highest BCUT2D eigenvalue weighted by Gasteiger charge is 2.33. The predicted molar refractivity (Wildman–Crippen MR) is 102 cm³/mol. The number of nitrogens with zero attached hydrogens (tertiary/aromatic N) is 3. The molecule has 1 amide bonds. The lowest BCUT2D eigenvalue weighted by atomic mass is 10.0. The minimum Gasteiger partial charge on any atom is -0.494 e. The van der Waals surface area contributed by atoms with Crippen LogP contribution < -0.4 is 9.64 Å². The number of benzene rings is 1. The first-order valence-electron chi connectivity index (χ1n) is 9.15. The van der Waals surface area contributed by atoms with E-state index in [9.17, 15) is 4.79 Å². The maximum absolute atomic E-state index is 12.8. The third kappa shape index (κ3) is 3.08. The van der Waals surface area contributed by atoms with Gasteiger partial charge in [-0.25, -0.2) is 4.98 Å². The fourth-order valence-electron chi connectivity index (χ4n) is 3.91. The lowest BCUT2D eigenvalue weighted by Crippen LogP contribution is -2.40. The van der Waals surface area contributed by atoms with Crippen molar-refractivity contribution in [2.75, 3.05) is 38.2 Å². The Hall–Kier alpha value is -1.82. The summed E-state index contributed by atoms with van der Waals surface area (Å²) in [5.41, 5.74) is 2.16. The molecule has 4 rings (SSSR count). The van der Waals surface area contributed by atoms with Crippen LogP contribution in [-0.2, 0) is 4.79 Å². The number of fused-ring (bicyclic) bond motifs is 1. The van der Waals surface area contributed by atoms with E-state index in [1.807, 2.05) is 6.07 Å². The van der Waals surface area contributed by atoms with E-state index < -0.39 is 0 Å². The van der Waals surface area contributed by atoms with Gasteiger partial charge in [-0.15, -0.1) is 0 Å². The molecule has 5 nitrogen and oxygen atoms in total. The Morgan fingerprint density at radius 1 is 1.24 bits per heavy atom. The molecule has 0 N–H and O–H groups in total. The molecule has 2 aliphatic heterocycles. The van der Waals surface area contributed by atoms with Crippen LogP contribution in [0.15, 0.2) is 12.1 Å². The Balaban J connectivity index is 1.52. The number of aryl methyl sites for hydroxylation is 1. The summed E-state index contributed by atoms with van der Waals surface area (Å²) >= 11 is 1.71. The standard InChI is InChI=1S/C19H25N3O2S/c1-13-6-7-15(24-2)16-17(13)25-19(20-16)22-11-8-14(12-22)18(23)21-9-4-3-5-10-21/h6-7,14H,3-5,8-12H2,1-2H3. The molecule has 1 aromatic heterocycles. The molecule has 2 aromatic rings. The molecule has 2 fully saturated rings. The molecule has 0 aliphatic carbocycles. The zero-order chi connectivity index (χ0) is 17.4. The van der Waals surface area contributed by atoms with Crippen molar-refractivity contribution in [2.45, 2.75) is 32.6 Å². The van der Waals surface area contributed by atoms with Crippen molar-refractivity contribution in [3.8, 4) is 5.75 Å². The molecule has 0 bridgehead atoms. The first-order valence-corrected chi connectivity index (χ1v) is 9.97. The number of anilines is 1. The summed E-state index contributed by atoms with van der Waals surface area (Å²) in [7, 11) is 1.69. The van der Waals surface area contributed by atoms with Crippen LogP contribution in [0.2, 0.25) is 0 Å². The van der Waals surface area contributed by atoms with Crippen molar-refractivity contribution in [1.82, 2.24) is 9.88 Å². The summed E-state index contributed by atoms with van der Waals surface area (Å²) in [6.07, 6.45) is 4.49. The number of hydrogen-bond acceptors (Lipinski definition) is 5. The molecular weight excluding hydrogens is 334 g/mol. The van der Waals surface area contributed by atoms with Crippen LogP contribution in [0, 0.1) is 12.8 Å². The van der Waals surface area contributed by atoms with Crippen LogP contribution in [0.1, 0.15) is 31.2 Å². The maximum atomic E-state index is 12.8. The van der Waals surface area contributed by atoms with Crippen LogP contribution in [0.4, 0.5) is 5.13 Å². The molecule has 3 heterocycles. The molecule has 2 aliphatic rings. The minimum absolute atomic E-state index is 0.119. The number of methoxy groups -OCH3 is 1. The average molecular weight is 359 g/mol. The largest absolute Gasteiger partial charge is 0.494 e. The van der Waals surface area contributed by atoms with E-state index in [0.29, 0.717) is 5.91 Å². The number of aromatic nitrogens is 1. The van der Waals surface area contributed by atoms with E-state index in [0.717, 1.165) is 61.8 Å². The minimum atomic E-state index is 0.119. The first kappa shape index (κ1) is 16.6. The highest BCUT2D eigenvalue weighted by atomic mass is 32.1. The summed E-state index contributed by atoms with van der Waals surface area (Å²) in [5.74, 6) is 1.29. The van der Waals surface area contributed by atoms with Gasteiger partial charge in [-0.05, 0) is 44.2 Å². The second kappa shape index (κ2) is 6.83. The quantitative estimate of drug-likeness (QED) is 0.842. The summed E-state index contributed by atoms with van der Waals surface area (Å²) in [6.45, 7) is 5.68. The van der Waals surface area contributed by atoms with E-state index >= 15 is 0 Å². The number of ether oxygens (including phenoxy) is 1. The van der Waals surface area contributed by atoms with Gasteiger partial charge in [0.05, 0.1) is 17.7 Å². The Bertz CT molecular complexity index is 782. The number of hydrogen-bond donors (Lipinski definition) is 0. The molecule has 134 valence electrons. The molecule has 0 saturated carbocycles. The molecule has 1 aromatic carbocycles. The summed E-state index contributed by atoms with van der Waals surface area (Å²) in [6, 6.07) is 4.06. The molecule has 25 heavy (non-hydrogen) atoms. The van der Waals surface area contributed by atoms with E-state index in [1.54, 1.807) is 18.4 Å². The predicted octanol–water partition coefficient (Wildman–Crippen LogP) is 3.45. The SMILES string of the molecule is COc1ccc(C)c2sc(N3CCC(C(=O)N4CCCCC4)C3)nc12. The van der Waals surface area contributed by atoms with Gasteiger partial charge in [-0.3, -0.25) is 4.79 Å². The zero-order valence-corrected chi connectivity index (χ0v) is 15.8. The normalized spacial score (nSPS) is 21.1. The Morgan fingerprint density at radius 3 is 2.80 bits per heavy atom. The summed E-state index contributed by atoms with van der Waals surface area (Å²) in [4.78, 5) is 21.9. The lowest BCUT2D eigenvalue weighted by molar-refractivity contribution is -0.135. The highest BCUT2D eigenvalue weighted by molar-refractivity contribution is 7.22. The second-order valence-corrected chi connectivity index (χ2v) is 8.05. The number of carbonyl (C=O) groups is 1. The van der Waals surface area contributed by atoms with Crippen molar-refractivity contribution in [3.63, 3.8) is 0 Å². The number of carbonyl (C=O) groups excluding carboxylic acids is 1. The van der Waals surface area contributed by atoms with Gasteiger partial charge in [0, 0.05) is 26.2 Å². The van der Waals surface area contributed by atoms with Gasteiger partial charge in [0.1, 0.15) is 11.3 Å². The number of likely N-dealkylation sites (tertiary alicyclic amines) is 1. The fraction of sp³-hybridized carbons (Fsp3) is 0.579. The topological polar surface area (TPSA) is 45.7 Å². The van der Waals surface area contributed by atoms with Crippen LogP contribution in [0.25, 0.3) is 10.2 Å². The maximum Gasteiger partial charge on any atom is 0.227 e. The lowest BCUT2D eigenvalue weighted by Gasteiger charge is -2.29. The van der Waals surface area contributed by atoms with Gasteiger partial charge < -0.3 is 14.5 Å². The molecule has 1 unspecified atom stereocenters. The first-order chi connectivity index (χ1) is 12.2. The number of rotatable bonds is 3. The molecule has 1 atom stereocenters. The number of piperidine rings is 1. The van der Waals surface area contributed by atoms with Gasteiger partial charge in [0.2, 0.25) is 5.91 Å². The molecule has 6 heteroatoms. The van der Waals surface area contributed by atoms with Gasteiger partial charge in [0.15, 0.2) is 5.13 Å². The van der Waals surface area contributed by atoms with Gasteiger partial charge in [0.25, 0.3) is 0 Å². The van der Waals surface area contributed by atoms with Crippen molar-refractivity contribution in [3.05, 3.63) is 17.7 Å². The van der Waals surface area contributed by atoms with E-state index in [2.05, 4.69) is 22.8 Å². The zero-order valence-electron chi connectivity index (χ0n) is 15.0. The van der Waals surface area contributed by atoms with Crippen molar-refractivity contribution < 1.29 is 9.53 Å². The van der Waals surface area contributed by atoms with Crippen LogP contribution >= 0.6 is 11.3 Å². The van der Waals surface area contributed by atoms with Crippen LogP contribution in [0.5, 0.6) is 5.75 Å². The van der Waals surface area contributed by atoms with Crippen LogP contribution in [-0.4, -0.2) is 49.1 Å². The molecule has 2 saturated heterocycles. The molecular formula is C19H25N3O2S. The Labute approximate surface area is 152 Å². The van der Waals surface area contributed by atoms with Gasteiger partial charge in [-0.2, -0.15) is 0 Å². The molecule has 0 spiro atoms. The van der Waals surface area contributed by atoms with E-state index in [-0.39, 0.29) is 5.92 Å². The van der Waals surface area contributed by atoms with E-state index in [4.69, 9.17) is 9.72 Å². The third-order valence-corrected chi connectivity index (χ3v) is 6.64. The molecule has 0 radical (unpaired) electrons. The van der Waals surface area contributed by atoms with E-state index in [1.165, 1.54) is 16.7 Å². The number of amides is 1.